The molecule has 1 N–H and O–H groups in total. The second-order valence-electron chi connectivity index (χ2n) is 3.95. The van der Waals surface area contributed by atoms with E-state index in [-0.39, 0.29) is 5.82 Å². The Hall–Kier alpha value is -0.670. The van der Waals surface area contributed by atoms with Crippen LogP contribution in [0.3, 0.4) is 0 Å². The third kappa shape index (κ3) is 4.45. The van der Waals surface area contributed by atoms with Gasteiger partial charge in [0.25, 0.3) is 0 Å². The fourth-order valence-electron chi connectivity index (χ4n) is 1.42. The van der Waals surface area contributed by atoms with Gasteiger partial charge in [-0.3, -0.25) is 0 Å². The zero-order valence-electron chi connectivity index (χ0n) is 9.27. The van der Waals surface area contributed by atoms with Crippen molar-refractivity contribution in [2.45, 2.75) is 19.9 Å². The van der Waals surface area contributed by atoms with E-state index in [9.17, 15) is 8.78 Å². The molecule has 0 radical (unpaired) electrons. The second-order valence-corrected chi connectivity index (χ2v) is 4.33. The Bertz CT molecular complexity index is 331. The summed E-state index contributed by atoms with van der Waals surface area (Å²) in [6, 6.07) is 3.48. The summed E-state index contributed by atoms with van der Waals surface area (Å²) in [5, 5.41) is 3.09. The third-order valence-electron chi connectivity index (χ3n) is 2.42. The van der Waals surface area contributed by atoms with Crippen LogP contribution in [0.4, 0.5) is 8.78 Å². The largest absolute Gasteiger partial charge is 0.312 e. The number of rotatable bonds is 6. The number of benzene rings is 1. The molecule has 1 nitrogen and oxygen atoms in total. The predicted molar refractivity (Wildman–Crippen MR) is 62.6 cm³/mol. The van der Waals surface area contributed by atoms with Crippen molar-refractivity contribution >= 4 is 11.6 Å². The fraction of sp³-hybridized carbons (Fsp3) is 0.500. The van der Waals surface area contributed by atoms with Gasteiger partial charge < -0.3 is 5.32 Å². The van der Waals surface area contributed by atoms with E-state index in [0.29, 0.717) is 23.9 Å². The van der Waals surface area contributed by atoms with Crippen LogP contribution >= 0.6 is 11.6 Å². The van der Waals surface area contributed by atoms with E-state index in [2.05, 4.69) is 12.2 Å². The summed E-state index contributed by atoms with van der Waals surface area (Å²) in [6.45, 7) is 3.16. The molecule has 1 unspecified atom stereocenters. The molecule has 0 aliphatic heterocycles. The van der Waals surface area contributed by atoms with Crippen LogP contribution in [-0.4, -0.2) is 12.4 Å². The van der Waals surface area contributed by atoms with Crippen LogP contribution in [-0.2, 0) is 6.54 Å². The number of hydrogen-bond acceptors (Lipinski definition) is 1. The lowest BCUT2D eigenvalue weighted by Crippen LogP contribution is -2.21. The van der Waals surface area contributed by atoms with E-state index in [1.807, 2.05) is 0 Å². The van der Waals surface area contributed by atoms with Crippen molar-refractivity contribution in [3.63, 3.8) is 0 Å². The molecule has 4 heteroatoms. The highest BCUT2D eigenvalue weighted by Crippen LogP contribution is 2.09. The van der Waals surface area contributed by atoms with Crippen molar-refractivity contribution in [1.29, 1.82) is 0 Å². The number of halogens is 3. The minimum atomic E-state index is -0.410. The van der Waals surface area contributed by atoms with E-state index in [1.165, 1.54) is 6.07 Å². The summed E-state index contributed by atoms with van der Waals surface area (Å²) in [5.41, 5.74) is 0.359. The molecule has 0 saturated carbocycles. The lowest BCUT2D eigenvalue weighted by molar-refractivity contribution is 0.492. The molecule has 0 spiro atoms. The summed E-state index contributed by atoms with van der Waals surface area (Å²) >= 11 is 5.60. The quantitative estimate of drug-likeness (QED) is 0.761. The third-order valence-corrected chi connectivity index (χ3v) is 2.64. The fourth-order valence-corrected chi connectivity index (χ4v) is 1.79. The van der Waals surface area contributed by atoms with Gasteiger partial charge in [-0.05, 0) is 37.1 Å². The molecule has 0 aliphatic rings. The van der Waals surface area contributed by atoms with Crippen LogP contribution in [0.25, 0.3) is 0 Å². The first-order chi connectivity index (χ1) is 7.63. The van der Waals surface area contributed by atoms with Gasteiger partial charge in [0.1, 0.15) is 11.6 Å². The minimum absolute atomic E-state index is 0.343. The molecule has 0 saturated heterocycles. The monoisotopic (exact) mass is 247 g/mol. The van der Waals surface area contributed by atoms with Crippen LogP contribution in [0.2, 0.25) is 0 Å². The second kappa shape index (κ2) is 6.81. The van der Waals surface area contributed by atoms with Gasteiger partial charge in [-0.25, -0.2) is 8.78 Å². The van der Waals surface area contributed by atoms with Gasteiger partial charge in [0.15, 0.2) is 0 Å². The highest BCUT2D eigenvalue weighted by atomic mass is 35.5. The molecule has 0 fully saturated rings. The van der Waals surface area contributed by atoms with Crippen LogP contribution in [0.5, 0.6) is 0 Å². The van der Waals surface area contributed by atoms with Crippen LogP contribution < -0.4 is 5.32 Å². The van der Waals surface area contributed by atoms with Gasteiger partial charge in [-0.15, -0.1) is 11.6 Å². The van der Waals surface area contributed by atoms with Gasteiger partial charge in [-0.1, -0.05) is 6.92 Å². The molecule has 90 valence electrons. The first-order valence-electron chi connectivity index (χ1n) is 5.34. The zero-order valence-corrected chi connectivity index (χ0v) is 10.0. The molecule has 0 amide bonds. The molecule has 0 bridgehead atoms. The van der Waals surface area contributed by atoms with E-state index >= 15 is 0 Å². The molecule has 16 heavy (non-hydrogen) atoms. The predicted octanol–water partition coefficient (Wildman–Crippen LogP) is 3.32. The molecule has 0 aliphatic carbocycles. The van der Waals surface area contributed by atoms with Crippen molar-refractivity contribution < 1.29 is 8.78 Å². The Labute approximate surface area is 99.8 Å². The maximum absolute atomic E-state index is 13.2. The van der Waals surface area contributed by atoms with Crippen LogP contribution in [0.1, 0.15) is 18.9 Å². The van der Waals surface area contributed by atoms with Crippen LogP contribution in [0, 0.1) is 17.6 Å². The van der Waals surface area contributed by atoms with Gasteiger partial charge in [0.2, 0.25) is 0 Å². The van der Waals surface area contributed by atoms with Crippen molar-refractivity contribution in [2.75, 3.05) is 12.4 Å². The maximum Gasteiger partial charge on any atom is 0.127 e. The summed E-state index contributed by atoms with van der Waals surface area (Å²) in [6.07, 6.45) is 0.917. The summed E-state index contributed by atoms with van der Waals surface area (Å²) in [5.74, 6) is 0.275. The average Bonchev–Trinajstić information content (AvgIpc) is 2.23. The molecule has 1 atom stereocenters. The Balaban J connectivity index is 2.39. The molecule has 0 heterocycles. The Morgan fingerprint density at radius 1 is 1.38 bits per heavy atom. The van der Waals surface area contributed by atoms with E-state index in [0.717, 1.165) is 25.1 Å². The van der Waals surface area contributed by atoms with Crippen molar-refractivity contribution in [1.82, 2.24) is 5.32 Å². The maximum atomic E-state index is 13.2. The first-order valence-corrected chi connectivity index (χ1v) is 5.87. The lowest BCUT2D eigenvalue weighted by atomic mass is 10.1. The molecular weight excluding hydrogens is 232 g/mol. The van der Waals surface area contributed by atoms with Crippen molar-refractivity contribution in [3.8, 4) is 0 Å². The molecule has 1 rings (SSSR count). The SMILES string of the molecule is CC(CCCl)CNCc1cc(F)ccc1F. The van der Waals surface area contributed by atoms with E-state index in [1.54, 1.807) is 0 Å². The summed E-state index contributed by atoms with van der Waals surface area (Å²) in [7, 11) is 0. The highest BCUT2D eigenvalue weighted by molar-refractivity contribution is 6.17. The molecule has 0 aromatic heterocycles. The number of alkyl halides is 1. The highest BCUT2D eigenvalue weighted by Gasteiger charge is 2.05. The van der Waals surface area contributed by atoms with Gasteiger partial charge in [-0.2, -0.15) is 0 Å². The zero-order chi connectivity index (χ0) is 12.0. The standard InChI is InChI=1S/C12H16ClF2N/c1-9(4-5-13)7-16-8-10-6-11(14)2-3-12(10)15/h2-3,6,9,16H,4-5,7-8H2,1H3. The van der Waals surface area contributed by atoms with E-state index < -0.39 is 5.82 Å². The first kappa shape index (κ1) is 13.4. The summed E-state index contributed by atoms with van der Waals surface area (Å²) in [4.78, 5) is 0. The van der Waals surface area contributed by atoms with Gasteiger partial charge in [0, 0.05) is 18.0 Å². The Morgan fingerprint density at radius 3 is 2.81 bits per heavy atom. The molecule has 1 aromatic rings. The number of hydrogen-bond donors (Lipinski definition) is 1. The Morgan fingerprint density at radius 2 is 2.12 bits per heavy atom. The van der Waals surface area contributed by atoms with Crippen molar-refractivity contribution in [2.24, 2.45) is 5.92 Å². The lowest BCUT2D eigenvalue weighted by Gasteiger charge is -2.11. The number of nitrogens with one attached hydrogen (secondary N) is 1. The topological polar surface area (TPSA) is 12.0 Å². The van der Waals surface area contributed by atoms with Crippen LogP contribution in [0.15, 0.2) is 18.2 Å². The van der Waals surface area contributed by atoms with Gasteiger partial charge >= 0.3 is 0 Å². The Kier molecular flexibility index (Phi) is 5.71. The average molecular weight is 248 g/mol. The smallest absolute Gasteiger partial charge is 0.127 e. The summed E-state index contributed by atoms with van der Waals surface area (Å²) < 4.78 is 26.1. The van der Waals surface area contributed by atoms with Gasteiger partial charge in [0.05, 0.1) is 0 Å². The molecule has 1 aromatic carbocycles. The van der Waals surface area contributed by atoms with Crippen molar-refractivity contribution in [3.05, 3.63) is 35.4 Å². The minimum Gasteiger partial charge on any atom is -0.312 e. The van der Waals surface area contributed by atoms with E-state index in [4.69, 9.17) is 11.6 Å². The molecular formula is C12H16ClF2N. The normalized spacial score (nSPS) is 12.8.